The topological polar surface area (TPSA) is 67.2 Å². The quantitative estimate of drug-likeness (QED) is 0.778. The summed E-state index contributed by atoms with van der Waals surface area (Å²) >= 11 is 0. The third-order valence-electron chi connectivity index (χ3n) is 3.36. The number of aliphatic hydroxyl groups is 1. The van der Waals surface area contributed by atoms with Crippen molar-refractivity contribution in [3.8, 4) is 5.69 Å². The van der Waals surface area contributed by atoms with E-state index in [1.807, 2.05) is 0 Å². The van der Waals surface area contributed by atoms with E-state index >= 15 is 0 Å². The van der Waals surface area contributed by atoms with Crippen molar-refractivity contribution in [2.75, 3.05) is 5.32 Å². The Morgan fingerprint density at radius 3 is 2.65 bits per heavy atom. The first-order chi connectivity index (χ1) is 11.1. The third kappa shape index (κ3) is 3.27. The number of hydrogen-bond donors (Lipinski definition) is 2. The van der Waals surface area contributed by atoms with Crippen LogP contribution in [0.3, 0.4) is 0 Å². The van der Waals surface area contributed by atoms with Crippen LogP contribution in [-0.2, 0) is 4.79 Å². The van der Waals surface area contributed by atoms with Gasteiger partial charge < -0.3 is 15.0 Å². The number of aromatic nitrogens is 2. The van der Waals surface area contributed by atoms with Gasteiger partial charge in [0.1, 0.15) is 5.82 Å². The summed E-state index contributed by atoms with van der Waals surface area (Å²) in [6.07, 6.45) is 3.34. The summed E-state index contributed by atoms with van der Waals surface area (Å²) < 4.78 is 15.7. The number of carbonyl (C=O) groups is 1. The van der Waals surface area contributed by atoms with Crippen LogP contribution in [0.4, 0.5) is 10.1 Å². The Kier molecular flexibility index (Phi) is 4.16. The van der Waals surface area contributed by atoms with E-state index in [1.165, 1.54) is 23.0 Å². The number of benzene rings is 2. The second kappa shape index (κ2) is 6.41. The Balaban J connectivity index is 1.76. The predicted octanol–water partition coefficient (Wildman–Crippen LogP) is 2.68. The number of nitrogens with zero attached hydrogens (tertiary/aromatic N) is 2. The highest BCUT2D eigenvalue weighted by atomic mass is 19.1. The summed E-state index contributed by atoms with van der Waals surface area (Å²) in [7, 11) is 0. The predicted molar refractivity (Wildman–Crippen MR) is 83.6 cm³/mol. The molecule has 1 aromatic heterocycles. The Labute approximate surface area is 132 Å². The lowest BCUT2D eigenvalue weighted by atomic mass is 10.1. The average molecular weight is 311 g/mol. The largest absolute Gasteiger partial charge is 0.378 e. The van der Waals surface area contributed by atoms with E-state index < -0.39 is 17.8 Å². The van der Waals surface area contributed by atoms with Crippen molar-refractivity contribution in [2.45, 2.75) is 6.10 Å². The molecule has 6 heteroatoms. The van der Waals surface area contributed by atoms with Gasteiger partial charge in [0.25, 0.3) is 5.91 Å². The molecule has 0 bridgehead atoms. The first-order valence-corrected chi connectivity index (χ1v) is 6.97. The third-order valence-corrected chi connectivity index (χ3v) is 3.36. The standard InChI is InChI=1S/C17H14FN3O2/c18-14-10-13(6-7-15(14)21-9-8-19-11-21)20-17(23)16(22)12-4-2-1-3-5-12/h1-11,16,22H,(H,20,23). The lowest BCUT2D eigenvalue weighted by Crippen LogP contribution is -2.20. The molecule has 2 aromatic carbocycles. The second-order valence-electron chi connectivity index (χ2n) is 4.94. The van der Waals surface area contributed by atoms with Gasteiger partial charge in [-0.1, -0.05) is 30.3 Å². The maximum atomic E-state index is 14.1. The molecule has 0 fully saturated rings. The van der Waals surface area contributed by atoms with Crippen molar-refractivity contribution in [1.29, 1.82) is 0 Å². The Morgan fingerprint density at radius 2 is 2.00 bits per heavy atom. The van der Waals surface area contributed by atoms with E-state index in [1.54, 1.807) is 48.8 Å². The number of carbonyl (C=O) groups excluding carboxylic acids is 1. The summed E-state index contributed by atoms with van der Waals surface area (Å²) in [5.74, 6) is -1.12. The fourth-order valence-electron chi connectivity index (χ4n) is 2.19. The van der Waals surface area contributed by atoms with Gasteiger partial charge in [-0.3, -0.25) is 4.79 Å². The minimum atomic E-state index is -1.31. The van der Waals surface area contributed by atoms with Crippen LogP contribution in [0.15, 0.2) is 67.3 Å². The molecule has 116 valence electrons. The smallest absolute Gasteiger partial charge is 0.257 e. The number of aliphatic hydroxyl groups excluding tert-OH is 1. The zero-order valence-electron chi connectivity index (χ0n) is 12.1. The minimum absolute atomic E-state index is 0.270. The number of anilines is 1. The molecule has 23 heavy (non-hydrogen) atoms. The molecule has 0 saturated carbocycles. The Hall–Kier alpha value is -2.99. The van der Waals surface area contributed by atoms with E-state index in [0.717, 1.165) is 0 Å². The summed E-state index contributed by atoms with van der Waals surface area (Å²) in [5, 5.41) is 12.5. The van der Waals surface area contributed by atoms with Gasteiger partial charge in [-0.05, 0) is 23.8 Å². The molecule has 0 radical (unpaired) electrons. The van der Waals surface area contributed by atoms with E-state index in [-0.39, 0.29) is 5.69 Å². The Bertz CT molecular complexity index is 804. The molecule has 5 nitrogen and oxygen atoms in total. The highest BCUT2D eigenvalue weighted by molar-refractivity contribution is 5.94. The number of imidazole rings is 1. The van der Waals surface area contributed by atoms with Crippen LogP contribution >= 0.6 is 0 Å². The summed E-state index contributed by atoms with van der Waals surface area (Å²) in [5.41, 5.74) is 1.07. The van der Waals surface area contributed by atoms with E-state index in [4.69, 9.17) is 0 Å². The lowest BCUT2D eigenvalue weighted by Gasteiger charge is -2.12. The van der Waals surface area contributed by atoms with Gasteiger partial charge in [-0.2, -0.15) is 0 Å². The van der Waals surface area contributed by atoms with Gasteiger partial charge in [-0.25, -0.2) is 9.37 Å². The molecule has 3 rings (SSSR count). The molecule has 1 unspecified atom stereocenters. The number of rotatable bonds is 4. The van der Waals surface area contributed by atoms with Crippen molar-refractivity contribution in [3.05, 3.63) is 78.6 Å². The first-order valence-electron chi connectivity index (χ1n) is 6.97. The molecule has 1 amide bonds. The Morgan fingerprint density at radius 1 is 1.22 bits per heavy atom. The van der Waals surface area contributed by atoms with Gasteiger partial charge in [0.05, 0.1) is 12.0 Å². The molecule has 0 aliphatic heterocycles. The molecular weight excluding hydrogens is 297 g/mol. The lowest BCUT2D eigenvalue weighted by molar-refractivity contribution is -0.124. The fraction of sp³-hybridized carbons (Fsp3) is 0.0588. The van der Waals surface area contributed by atoms with Gasteiger partial charge in [0.15, 0.2) is 6.10 Å². The van der Waals surface area contributed by atoms with Gasteiger partial charge in [0.2, 0.25) is 0 Å². The monoisotopic (exact) mass is 311 g/mol. The molecule has 1 atom stereocenters. The van der Waals surface area contributed by atoms with Gasteiger partial charge in [0, 0.05) is 18.1 Å². The summed E-state index contributed by atoms with van der Waals surface area (Å²) in [6, 6.07) is 12.8. The maximum absolute atomic E-state index is 14.1. The number of amides is 1. The SMILES string of the molecule is O=C(Nc1ccc(-n2ccnc2)c(F)c1)C(O)c1ccccc1. The van der Waals surface area contributed by atoms with Crippen molar-refractivity contribution in [2.24, 2.45) is 0 Å². The minimum Gasteiger partial charge on any atom is -0.378 e. The molecular formula is C17H14FN3O2. The van der Waals surface area contributed by atoms with Crippen LogP contribution in [-0.4, -0.2) is 20.6 Å². The average Bonchev–Trinajstić information content (AvgIpc) is 3.09. The zero-order chi connectivity index (χ0) is 16.2. The maximum Gasteiger partial charge on any atom is 0.257 e. The highest BCUT2D eigenvalue weighted by Gasteiger charge is 2.17. The molecule has 0 aliphatic carbocycles. The second-order valence-corrected chi connectivity index (χ2v) is 4.94. The molecule has 0 saturated heterocycles. The summed E-state index contributed by atoms with van der Waals surface area (Å²) in [4.78, 5) is 15.9. The van der Waals surface area contributed by atoms with Crippen molar-refractivity contribution < 1.29 is 14.3 Å². The molecule has 0 aliphatic rings. The zero-order valence-corrected chi connectivity index (χ0v) is 12.1. The van der Waals surface area contributed by atoms with E-state index in [2.05, 4.69) is 10.3 Å². The molecule has 0 spiro atoms. The highest BCUT2D eigenvalue weighted by Crippen LogP contribution is 2.20. The van der Waals surface area contributed by atoms with Crippen LogP contribution in [0.2, 0.25) is 0 Å². The first kappa shape index (κ1) is 14.9. The van der Waals surface area contributed by atoms with Crippen LogP contribution in [0.25, 0.3) is 5.69 Å². The molecule has 2 N–H and O–H groups in total. The molecule has 1 heterocycles. The number of nitrogens with one attached hydrogen (secondary N) is 1. The van der Waals surface area contributed by atoms with Crippen molar-refractivity contribution in [3.63, 3.8) is 0 Å². The summed E-state index contributed by atoms with van der Waals surface area (Å²) in [6.45, 7) is 0. The number of halogens is 1. The molecule has 3 aromatic rings. The fourth-order valence-corrected chi connectivity index (χ4v) is 2.19. The van der Waals surface area contributed by atoms with Crippen LogP contribution in [0.5, 0.6) is 0 Å². The van der Waals surface area contributed by atoms with Gasteiger partial charge in [-0.15, -0.1) is 0 Å². The van der Waals surface area contributed by atoms with Crippen LogP contribution in [0.1, 0.15) is 11.7 Å². The number of hydrogen-bond acceptors (Lipinski definition) is 3. The van der Waals surface area contributed by atoms with Crippen LogP contribution < -0.4 is 5.32 Å². The van der Waals surface area contributed by atoms with Crippen molar-refractivity contribution >= 4 is 11.6 Å². The van der Waals surface area contributed by atoms with Gasteiger partial charge >= 0.3 is 0 Å². The van der Waals surface area contributed by atoms with Crippen LogP contribution in [0, 0.1) is 5.82 Å². The van der Waals surface area contributed by atoms with Crippen molar-refractivity contribution in [1.82, 2.24) is 9.55 Å². The van der Waals surface area contributed by atoms with E-state index in [0.29, 0.717) is 11.3 Å². The normalized spacial score (nSPS) is 11.9. The van der Waals surface area contributed by atoms with E-state index in [9.17, 15) is 14.3 Å².